The van der Waals surface area contributed by atoms with Gasteiger partial charge < -0.3 is 14.8 Å². The lowest BCUT2D eigenvalue weighted by Crippen LogP contribution is -2.05. The van der Waals surface area contributed by atoms with Crippen molar-refractivity contribution >= 4 is 28.3 Å². The minimum Gasteiger partial charge on any atom is -0.493 e. The number of halogens is 1. The van der Waals surface area contributed by atoms with Crippen LogP contribution < -0.4 is 14.8 Å². The lowest BCUT2D eigenvalue weighted by molar-refractivity contribution is 0.356. The summed E-state index contributed by atoms with van der Waals surface area (Å²) in [5, 5.41) is 4.19. The van der Waals surface area contributed by atoms with Crippen molar-refractivity contribution in [3.63, 3.8) is 0 Å². The average molecular weight is 331 g/mol. The molecule has 6 nitrogen and oxygen atoms in total. The standard InChI is InChI=1S/C16H15ClN4O2/c1-22-13-7-11-12(8-14(13)23-2)20-16(17)21-15(11)19-9-10-5-3-4-6-18-10/h3-8H,9H2,1-2H3,(H,19,20,21). The molecule has 0 aliphatic rings. The van der Waals surface area contributed by atoms with Gasteiger partial charge in [-0.2, -0.15) is 0 Å². The van der Waals surface area contributed by atoms with E-state index in [1.54, 1.807) is 26.5 Å². The number of aromatic nitrogens is 3. The van der Waals surface area contributed by atoms with Crippen LogP contribution in [0.4, 0.5) is 5.82 Å². The molecule has 7 heteroatoms. The molecule has 1 aromatic carbocycles. The fraction of sp³-hybridized carbons (Fsp3) is 0.188. The van der Waals surface area contributed by atoms with Crippen molar-refractivity contribution in [3.8, 4) is 11.5 Å². The predicted molar refractivity (Wildman–Crippen MR) is 89.2 cm³/mol. The van der Waals surface area contributed by atoms with Crippen LogP contribution in [0.5, 0.6) is 11.5 Å². The monoisotopic (exact) mass is 330 g/mol. The fourth-order valence-corrected chi connectivity index (χ4v) is 2.41. The topological polar surface area (TPSA) is 69.2 Å². The lowest BCUT2D eigenvalue weighted by atomic mass is 10.2. The number of hydrogen-bond donors (Lipinski definition) is 1. The molecule has 0 radical (unpaired) electrons. The van der Waals surface area contributed by atoms with Gasteiger partial charge in [0.2, 0.25) is 5.28 Å². The third-order valence-electron chi connectivity index (χ3n) is 3.34. The highest BCUT2D eigenvalue weighted by Gasteiger charge is 2.12. The summed E-state index contributed by atoms with van der Waals surface area (Å²) in [4.78, 5) is 12.8. The van der Waals surface area contributed by atoms with Crippen LogP contribution in [0.25, 0.3) is 10.9 Å². The normalized spacial score (nSPS) is 10.6. The maximum absolute atomic E-state index is 6.02. The van der Waals surface area contributed by atoms with Crippen molar-refractivity contribution in [1.82, 2.24) is 15.0 Å². The zero-order valence-electron chi connectivity index (χ0n) is 12.7. The van der Waals surface area contributed by atoms with Crippen LogP contribution in [0.3, 0.4) is 0 Å². The third-order valence-corrected chi connectivity index (χ3v) is 3.51. The van der Waals surface area contributed by atoms with Crippen LogP contribution in [-0.2, 0) is 6.54 Å². The zero-order valence-corrected chi connectivity index (χ0v) is 13.5. The molecule has 1 N–H and O–H groups in total. The molecule has 0 atom stereocenters. The summed E-state index contributed by atoms with van der Waals surface area (Å²) < 4.78 is 10.6. The van der Waals surface area contributed by atoms with Gasteiger partial charge in [-0.1, -0.05) is 6.07 Å². The van der Waals surface area contributed by atoms with E-state index >= 15 is 0 Å². The van der Waals surface area contributed by atoms with Crippen molar-refractivity contribution in [3.05, 3.63) is 47.5 Å². The molecule has 0 aliphatic heterocycles. The molecule has 118 valence electrons. The molecule has 0 fully saturated rings. The van der Waals surface area contributed by atoms with Gasteiger partial charge in [0, 0.05) is 17.6 Å². The molecule has 0 amide bonds. The van der Waals surface area contributed by atoms with Gasteiger partial charge in [-0.3, -0.25) is 4.98 Å². The van der Waals surface area contributed by atoms with E-state index in [-0.39, 0.29) is 5.28 Å². The van der Waals surface area contributed by atoms with Gasteiger partial charge >= 0.3 is 0 Å². The summed E-state index contributed by atoms with van der Waals surface area (Å²) in [5.41, 5.74) is 1.57. The number of benzene rings is 1. The van der Waals surface area contributed by atoms with Crippen LogP contribution >= 0.6 is 11.6 Å². The highest BCUT2D eigenvalue weighted by Crippen LogP contribution is 2.34. The van der Waals surface area contributed by atoms with Gasteiger partial charge in [-0.15, -0.1) is 0 Å². The second-order valence-electron chi connectivity index (χ2n) is 4.74. The number of pyridine rings is 1. The number of rotatable bonds is 5. The average Bonchev–Trinajstić information content (AvgIpc) is 2.59. The molecule has 0 saturated heterocycles. The SMILES string of the molecule is COc1cc2nc(Cl)nc(NCc3ccccn3)c2cc1OC. The van der Waals surface area contributed by atoms with Crippen LogP contribution in [0.1, 0.15) is 5.69 Å². The molecule has 0 bridgehead atoms. The molecule has 0 saturated carbocycles. The maximum Gasteiger partial charge on any atom is 0.224 e. The van der Waals surface area contributed by atoms with Gasteiger partial charge in [0.25, 0.3) is 0 Å². The fourth-order valence-electron chi connectivity index (χ4n) is 2.24. The molecule has 3 rings (SSSR count). The van der Waals surface area contributed by atoms with Crippen molar-refractivity contribution in [2.24, 2.45) is 0 Å². The molecule has 0 unspecified atom stereocenters. The molecule has 3 aromatic rings. The number of fused-ring (bicyclic) bond motifs is 1. The minimum atomic E-state index is 0.160. The summed E-state index contributed by atoms with van der Waals surface area (Å²) in [5.74, 6) is 1.81. The maximum atomic E-state index is 6.02. The first-order valence-corrected chi connectivity index (χ1v) is 7.32. The third kappa shape index (κ3) is 3.27. The van der Waals surface area contributed by atoms with Crippen molar-refractivity contribution < 1.29 is 9.47 Å². The second kappa shape index (κ2) is 6.66. The molecular weight excluding hydrogens is 316 g/mol. The van der Waals surface area contributed by atoms with Gasteiger partial charge in [0.1, 0.15) is 5.82 Å². The van der Waals surface area contributed by atoms with E-state index in [4.69, 9.17) is 21.1 Å². The first kappa shape index (κ1) is 15.3. The van der Waals surface area contributed by atoms with Gasteiger partial charge in [0.15, 0.2) is 11.5 Å². The molecule has 2 aromatic heterocycles. The number of methoxy groups -OCH3 is 2. The largest absolute Gasteiger partial charge is 0.493 e. The summed E-state index contributed by atoms with van der Waals surface area (Å²) in [6.07, 6.45) is 1.75. The Morgan fingerprint density at radius 3 is 2.57 bits per heavy atom. The van der Waals surface area contributed by atoms with E-state index < -0.39 is 0 Å². The summed E-state index contributed by atoms with van der Waals surface area (Å²) in [6.45, 7) is 0.525. The van der Waals surface area contributed by atoms with E-state index in [0.717, 1.165) is 11.1 Å². The Morgan fingerprint density at radius 1 is 1.09 bits per heavy atom. The first-order valence-electron chi connectivity index (χ1n) is 6.94. The van der Waals surface area contributed by atoms with Crippen molar-refractivity contribution in [2.75, 3.05) is 19.5 Å². The summed E-state index contributed by atoms with van der Waals surface area (Å²) in [7, 11) is 3.16. The van der Waals surface area contributed by atoms with Gasteiger partial charge in [-0.05, 0) is 29.8 Å². The van der Waals surface area contributed by atoms with Crippen LogP contribution in [0.15, 0.2) is 36.5 Å². The lowest BCUT2D eigenvalue weighted by Gasteiger charge is -2.12. The van der Waals surface area contributed by atoms with Crippen molar-refractivity contribution in [2.45, 2.75) is 6.54 Å². The number of ether oxygens (including phenoxy) is 2. The van der Waals surface area contributed by atoms with Crippen LogP contribution in [0.2, 0.25) is 5.28 Å². The number of nitrogens with one attached hydrogen (secondary N) is 1. The highest BCUT2D eigenvalue weighted by atomic mass is 35.5. The van der Waals surface area contributed by atoms with Gasteiger partial charge in [0.05, 0.1) is 32.0 Å². The van der Waals surface area contributed by atoms with E-state index in [1.807, 2.05) is 24.3 Å². The summed E-state index contributed by atoms with van der Waals surface area (Å²) >= 11 is 6.02. The van der Waals surface area contributed by atoms with E-state index in [2.05, 4.69) is 20.3 Å². The minimum absolute atomic E-state index is 0.160. The Balaban J connectivity index is 2.01. The smallest absolute Gasteiger partial charge is 0.224 e. The molecule has 2 heterocycles. The Bertz CT molecular complexity index is 827. The predicted octanol–water partition coefficient (Wildman–Crippen LogP) is 3.31. The molecular formula is C16H15ClN4O2. The van der Waals surface area contributed by atoms with E-state index in [9.17, 15) is 0 Å². The van der Waals surface area contributed by atoms with Crippen LogP contribution in [0, 0.1) is 0 Å². The molecule has 0 spiro atoms. The number of nitrogens with zero attached hydrogens (tertiary/aromatic N) is 3. The Morgan fingerprint density at radius 2 is 1.87 bits per heavy atom. The van der Waals surface area contributed by atoms with Crippen LogP contribution in [-0.4, -0.2) is 29.2 Å². The second-order valence-corrected chi connectivity index (χ2v) is 5.08. The van der Waals surface area contributed by atoms with Gasteiger partial charge in [-0.25, -0.2) is 9.97 Å². The Labute approximate surface area is 138 Å². The Hall–Kier alpha value is -2.60. The summed E-state index contributed by atoms with van der Waals surface area (Å²) in [6, 6.07) is 9.33. The van der Waals surface area contributed by atoms with E-state index in [1.165, 1.54) is 0 Å². The quantitative estimate of drug-likeness (QED) is 0.724. The van der Waals surface area contributed by atoms with E-state index in [0.29, 0.717) is 29.4 Å². The first-order chi connectivity index (χ1) is 11.2. The number of hydrogen-bond acceptors (Lipinski definition) is 6. The highest BCUT2D eigenvalue weighted by molar-refractivity contribution is 6.28. The Kier molecular flexibility index (Phi) is 4.43. The number of anilines is 1. The zero-order chi connectivity index (χ0) is 16.2. The molecule has 23 heavy (non-hydrogen) atoms. The van der Waals surface area contributed by atoms with Crippen molar-refractivity contribution in [1.29, 1.82) is 0 Å². The molecule has 0 aliphatic carbocycles.